The molecule has 2 N–H and O–H groups in total. The second-order valence-corrected chi connectivity index (χ2v) is 8.58. The van der Waals surface area contributed by atoms with Crippen LogP contribution in [0.3, 0.4) is 0 Å². The maximum Gasteiger partial charge on any atom is 0.307 e. The van der Waals surface area contributed by atoms with Gasteiger partial charge < -0.3 is 15.0 Å². The predicted octanol–water partition coefficient (Wildman–Crippen LogP) is 3.22. The number of hydrogen-bond donors (Lipinski definition) is 2. The van der Waals surface area contributed by atoms with Crippen LogP contribution in [0.2, 0.25) is 5.02 Å². The highest BCUT2D eigenvalue weighted by molar-refractivity contribution is 6.31. The van der Waals surface area contributed by atoms with E-state index >= 15 is 0 Å². The first kappa shape index (κ1) is 21.8. The van der Waals surface area contributed by atoms with Gasteiger partial charge in [-0.2, -0.15) is 0 Å². The van der Waals surface area contributed by atoms with Gasteiger partial charge in [0.2, 0.25) is 0 Å². The molecule has 1 heterocycles. The van der Waals surface area contributed by atoms with Crippen LogP contribution in [0.5, 0.6) is 0 Å². The van der Waals surface area contributed by atoms with Gasteiger partial charge in [-0.1, -0.05) is 43.6 Å². The Morgan fingerprint density at radius 2 is 1.93 bits per heavy atom. The molecule has 0 bridgehead atoms. The maximum absolute atomic E-state index is 12.9. The number of ether oxygens (including phenoxy) is 1. The van der Waals surface area contributed by atoms with E-state index in [-0.39, 0.29) is 23.2 Å². The predicted molar refractivity (Wildman–Crippen MR) is 112 cm³/mol. The van der Waals surface area contributed by atoms with Gasteiger partial charge in [-0.25, -0.2) is 0 Å². The Morgan fingerprint density at radius 3 is 2.60 bits per heavy atom. The minimum Gasteiger partial charge on any atom is -0.469 e. The summed E-state index contributed by atoms with van der Waals surface area (Å²) in [6, 6.07) is 7.30. The van der Waals surface area contributed by atoms with Crippen molar-refractivity contribution in [2.75, 3.05) is 7.11 Å². The summed E-state index contributed by atoms with van der Waals surface area (Å²) in [6.07, 6.45) is 0.704. The first-order chi connectivity index (χ1) is 14.1. The molecule has 1 aliphatic carbocycles. The fourth-order valence-corrected chi connectivity index (χ4v) is 3.95. The number of amides is 1. The number of carbonyl (C=O) groups is 3. The molecule has 3 rings (SSSR count). The van der Waals surface area contributed by atoms with E-state index in [1.807, 2.05) is 13.8 Å². The minimum atomic E-state index is -0.802. The molecule has 30 heavy (non-hydrogen) atoms. The average Bonchev–Trinajstić information content (AvgIpc) is 2.66. The van der Waals surface area contributed by atoms with Gasteiger partial charge in [0.25, 0.3) is 11.5 Å². The molecule has 0 saturated heterocycles. The Bertz CT molecular complexity index is 1070. The molecule has 1 unspecified atom stereocenters. The Kier molecular flexibility index (Phi) is 6.12. The third-order valence-corrected chi connectivity index (χ3v) is 5.49. The van der Waals surface area contributed by atoms with Gasteiger partial charge in [0.1, 0.15) is 5.56 Å². The number of halogens is 1. The molecular formula is C22H23ClN2O5. The quantitative estimate of drug-likeness (QED) is 0.708. The van der Waals surface area contributed by atoms with E-state index in [0.717, 1.165) is 0 Å². The SMILES string of the molecule is COC(=O)CC(NC(=O)c1cc2c([nH]c1=O)CC(C)(C)CC2=O)c1ccccc1Cl. The molecule has 7 nitrogen and oxygen atoms in total. The van der Waals surface area contributed by atoms with Crippen molar-refractivity contribution < 1.29 is 19.1 Å². The molecule has 1 atom stereocenters. The third-order valence-electron chi connectivity index (χ3n) is 5.15. The standard InChI is InChI=1S/C22H23ClN2O5/c1-22(2)10-17-13(18(26)11-22)8-14(21(29)25-17)20(28)24-16(9-19(27)30-3)12-6-4-5-7-15(12)23/h4-8,16H,9-11H2,1-3H3,(H,24,28)(H,25,29). The average molecular weight is 431 g/mol. The molecule has 1 aromatic carbocycles. The number of carbonyl (C=O) groups excluding carboxylic acids is 3. The second kappa shape index (κ2) is 8.44. The van der Waals surface area contributed by atoms with Crippen LogP contribution >= 0.6 is 11.6 Å². The number of Topliss-reactive ketones (excluding diaryl/α,β-unsaturated/α-hetero) is 1. The van der Waals surface area contributed by atoms with Crippen molar-refractivity contribution in [3.8, 4) is 0 Å². The van der Waals surface area contributed by atoms with Gasteiger partial charge in [-0.15, -0.1) is 0 Å². The lowest BCUT2D eigenvalue weighted by molar-refractivity contribution is -0.141. The van der Waals surface area contributed by atoms with Gasteiger partial charge in [-0.05, 0) is 29.5 Å². The molecule has 1 aromatic heterocycles. The van der Waals surface area contributed by atoms with Crippen molar-refractivity contribution >= 4 is 29.3 Å². The van der Waals surface area contributed by atoms with Crippen LogP contribution in [0.1, 0.15) is 64.7 Å². The largest absolute Gasteiger partial charge is 0.469 e. The Morgan fingerprint density at radius 1 is 1.23 bits per heavy atom. The number of rotatable bonds is 5. The van der Waals surface area contributed by atoms with Crippen LogP contribution in [-0.4, -0.2) is 29.8 Å². The number of fused-ring (bicyclic) bond motifs is 1. The number of ketones is 1. The van der Waals surface area contributed by atoms with Crippen molar-refractivity contribution in [3.63, 3.8) is 0 Å². The van der Waals surface area contributed by atoms with Gasteiger partial charge in [0, 0.05) is 22.7 Å². The molecule has 0 spiro atoms. The molecular weight excluding hydrogens is 408 g/mol. The van der Waals surface area contributed by atoms with Gasteiger partial charge in [0.05, 0.1) is 19.6 Å². The first-order valence-corrected chi connectivity index (χ1v) is 9.90. The summed E-state index contributed by atoms with van der Waals surface area (Å²) in [4.78, 5) is 52.6. The highest BCUT2D eigenvalue weighted by Crippen LogP contribution is 2.33. The molecule has 8 heteroatoms. The van der Waals surface area contributed by atoms with E-state index in [4.69, 9.17) is 16.3 Å². The lowest BCUT2D eigenvalue weighted by Crippen LogP contribution is -2.36. The van der Waals surface area contributed by atoms with Crippen LogP contribution in [0.4, 0.5) is 0 Å². The fourth-order valence-electron chi connectivity index (χ4n) is 3.68. The smallest absolute Gasteiger partial charge is 0.307 e. The van der Waals surface area contributed by atoms with E-state index < -0.39 is 23.5 Å². The van der Waals surface area contributed by atoms with E-state index in [1.54, 1.807) is 24.3 Å². The summed E-state index contributed by atoms with van der Waals surface area (Å²) >= 11 is 6.23. The van der Waals surface area contributed by atoms with Gasteiger partial charge in [-0.3, -0.25) is 19.2 Å². The molecule has 1 aliphatic rings. The number of benzene rings is 1. The molecule has 1 amide bonds. The van der Waals surface area contributed by atoms with E-state index in [2.05, 4.69) is 10.3 Å². The molecule has 158 valence electrons. The monoisotopic (exact) mass is 430 g/mol. The van der Waals surface area contributed by atoms with Crippen LogP contribution < -0.4 is 10.9 Å². The van der Waals surface area contributed by atoms with Crippen molar-refractivity contribution in [3.05, 3.63) is 68.1 Å². The zero-order chi connectivity index (χ0) is 22.1. The summed E-state index contributed by atoms with van der Waals surface area (Å²) in [6.45, 7) is 3.90. The van der Waals surface area contributed by atoms with Crippen LogP contribution in [-0.2, 0) is 16.0 Å². The number of hydrogen-bond acceptors (Lipinski definition) is 5. The highest BCUT2D eigenvalue weighted by atomic mass is 35.5. The molecule has 0 radical (unpaired) electrons. The van der Waals surface area contributed by atoms with Crippen molar-refractivity contribution in [1.29, 1.82) is 0 Å². The summed E-state index contributed by atoms with van der Waals surface area (Å²) in [5.74, 6) is -1.37. The summed E-state index contributed by atoms with van der Waals surface area (Å²) in [5, 5.41) is 3.04. The van der Waals surface area contributed by atoms with Crippen molar-refractivity contribution in [1.82, 2.24) is 10.3 Å². The minimum absolute atomic E-state index is 0.122. The second-order valence-electron chi connectivity index (χ2n) is 8.17. The van der Waals surface area contributed by atoms with E-state index in [1.165, 1.54) is 13.2 Å². The normalized spacial score (nSPS) is 15.8. The number of nitrogens with one attached hydrogen (secondary N) is 2. The summed E-state index contributed by atoms with van der Waals surface area (Å²) in [7, 11) is 1.25. The van der Waals surface area contributed by atoms with Crippen LogP contribution in [0.15, 0.2) is 35.1 Å². The maximum atomic E-state index is 12.9. The Balaban J connectivity index is 1.94. The number of pyridine rings is 1. The topological polar surface area (TPSA) is 105 Å². The van der Waals surface area contributed by atoms with Crippen molar-refractivity contribution in [2.24, 2.45) is 5.41 Å². The number of H-pyrrole nitrogens is 1. The van der Waals surface area contributed by atoms with Gasteiger partial charge in [0.15, 0.2) is 5.78 Å². The summed E-state index contributed by atoms with van der Waals surface area (Å²) < 4.78 is 4.72. The number of esters is 1. The Hall–Kier alpha value is -2.93. The number of aromatic amines is 1. The Labute approximate surface area is 178 Å². The van der Waals surface area contributed by atoms with Crippen molar-refractivity contribution in [2.45, 2.75) is 39.2 Å². The molecule has 0 aliphatic heterocycles. The van der Waals surface area contributed by atoms with E-state index in [9.17, 15) is 19.2 Å². The first-order valence-electron chi connectivity index (χ1n) is 9.53. The lowest BCUT2D eigenvalue weighted by atomic mass is 9.75. The van der Waals surface area contributed by atoms with E-state index in [0.29, 0.717) is 34.7 Å². The zero-order valence-electron chi connectivity index (χ0n) is 17.0. The van der Waals surface area contributed by atoms with Crippen LogP contribution in [0, 0.1) is 5.41 Å². The lowest BCUT2D eigenvalue weighted by Gasteiger charge is -2.29. The van der Waals surface area contributed by atoms with Crippen LogP contribution in [0.25, 0.3) is 0 Å². The molecule has 0 saturated carbocycles. The molecule has 0 fully saturated rings. The zero-order valence-corrected chi connectivity index (χ0v) is 17.8. The third kappa shape index (κ3) is 4.62. The summed E-state index contributed by atoms with van der Waals surface area (Å²) in [5.41, 5.74) is 0.366. The number of aromatic nitrogens is 1. The van der Waals surface area contributed by atoms with Gasteiger partial charge >= 0.3 is 5.97 Å². The fraction of sp³-hybridized carbons (Fsp3) is 0.364. The highest BCUT2D eigenvalue weighted by Gasteiger charge is 2.33. The number of methoxy groups -OCH3 is 1. The molecule has 2 aromatic rings.